The number of para-hydroxylation sites is 1. The number of nitrogens with zero attached hydrogens (tertiary/aromatic N) is 4. The molecule has 2 aromatic carbocycles. The maximum absolute atomic E-state index is 13.1. The van der Waals surface area contributed by atoms with E-state index in [1.54, 1.807) is 43.3 Å². The SMILES string of the molecule is CCn1c(=O)c2ccccc2n(Cc2nc(-c3ccc(F)cc3)no2)c1=O. The van der Waals surface area contributed by atoms with E-state index < -0.39 is 5.69 Å². The molecular formula is C19H15FN4O3. The molecule has 0 aliphatic rings. The Balaban J connectivity index is 1.80. The summed E-state index contributed by atoms with van der Waals surface area (Å²) in [5.74, 6) is 0.149. The van der Waals surface area contributed by atoms with Crippen molar-refractivity contribution >= 4 is 10.9 Å². The second-order valence-corrected chi connectivity index (χ2v) is 5.95. The molecular weight excluding hydrogens is 351 g/mol. The molecule has 4 aromatic rings. The van der Waals surface area contributed by atoms with Crippen molar-refractivity contribution in [1.29, 1.82) is 0 Å². The van der Waals surface area contributed by atoms with Gasteiger partial charge in [0.25, 0.3) is 5.56 Å². The number of hydrogen-bond acceptors (Lipinski definition) is 5. The average molecular weight is 366 g/mol. The smallest absolute Gasteiger partial charge is 0.331 e. The van der Waals surface area contributed by atoms with Crippen molar-refractivity contribution in [2.45, 2.75) is 20.0 Å². The molecule has 0 saturated carbocycles. The van der Waals surface area contributed by atoms with Crippen LogP contribution in [0.1, 0.15) is 12.8 Å². The highest BCUT2D eigenvalue weighted by molar-refractivity contribution is 5.77. The Bertz CT molecular complexity index is 1240. The van der Waals surface area contributed by atoms with Crippen LogP contribution >= 0.6 is 0 Å². The number of halogens is 1. The maximum Gasteiger partial charge on any atom is 0.331 e. The first-order chi connectivity index (χ1) is 13.1. The van der Waals surface area contributed by atoms with E-state index in [9.17, 15) is 14.0 Å². The van der Waals surface area contributed by atoms with Crippen LogP contribution in [-0.2, 0) is 13.1 Å². The Morgan fingerprint density at radius 3 is 2.52 bits per heavy atom. The summed E-state index contributed by atoms with van der Waals surface area (Å²) in [7, 11) is 0. The van der Waals surface area contributed by atoms with Gasteiger partial charge in [-0.15, -0.1) is 0 Å². The Morgan fingerprint density at radius 1 is 1.04 bits per heavy atom. The zero-order valence-electron chi connectivity index (χ0n) is 14.4. The van der Waals surface area contributed by atoms with E-state index >= 15 is 0 Å². The largest absolute Gasteiger partial charge is 0.337 e. The van der Waals surface area contributed by atoms with Crippen molar-refractivity contribution in [2.75, 3.05) is 0 Å². The lowest BCUT2D eigenvalue weighted by atomic mass is 10.2. The van der Waals surface area contributed by atoms with Gasteiger partial charge in [-0.3, -0.25) is 13.9 Å². The summed E-state index contributed by atoms with van der Waals surface area (Å²) >= 11 is 0. The molecule has 0 aliphatic heterocycles. The van der Waals surface area contributed by atoms with Crippen molar-refractivity contribution < 1.29 is 8.91 Å². The molecule has 0 N–H and O–H groups in total. The molecule has 0 saturated heterocycles. The van der Waals surface area contributed by atoms with E-state index in [4.69, 9.17) is 4.52 Å². The van der Waals surface area contributed by atoms with Crippen LogP contribution in [0.5, 0.6) is 0 Å². The van der Waals surface area contributed by atoms with E-state index in [0.717, 1.165) is 0 Å². The quantitative estimate of drug-likeness (QED) is 0.554. The first-order valence-electron chi connectivity index (χ1n) is 8.39. The molecule has 0 spiro atoms. The molecule has 7 nitrogen and oxygen atoms in total. The van der Waals surface area contributed by atoms with Crippen molar-refractivity contribution in [3.63, 3.8) is 0 Å². The fourth-order valence-electron chi connectivity index (χ4n) is 2.97. The Hall–Kier alpha value is -3.55. The van der Waals surface area contributed by atoms with Gasteiger partial charge in [0.05, 0.1) is 10.9 Å². The first-order valence-corrected chi connectivity index (χ1v) is 8.39. The van der Waals surface area contributed by atoms with Gasteiger partial charge in [-0.1, -0.05) is 17.3 Å². The molecule has 8 heteroatoms. The minimum Gasteiger partial charge on any atom is -0.337 e. The lowest BCUT2D eigenvalue weighted by Crippen LogP contribution is -2.39. The van der Waals surface area contributed by atoms with Crippen molar-refractivity contribution in [2.24, 2.45) is 0 Å². The minimum absolute atomic E-state index is 0.0216. The van der Waals surface area contributed by atoms with Gasteiger partial charge in [0.1, 0.15) is 12.4 Å². The zero-order chi connectivity index (χ0) is 19.0. The predicted molar refractivity (Wildman–Crippen MR) is 96.9 cm³/mol. The summed E-state index contributed by atoms with van der Waals surface area (Å²) in [5.41, 5.74) is 0.329. The lowest BCUT2D eigenvalue weighted by molar-refractivity contribution is 0.369. The third-order valence-electron chi connectivity index (χ3n) is 4.31. The Morgan fingerprint density at radius 2 is 1.78 bits per heavy atom. The predicted octanol–water partition coefficient (Wildman–Crippen LogP) is 2.42. The van der Waals surface area contributed by atoms with Crippen LogP contribution in [0, 0.1) is 5.82 Å². The molecule has 0 aliphatic carbocycles. The highest BCUT2D eigenvalue weighted by atomic mass is 19.1. The highest BCUT2D eigenvalue weighted by Gasteiger charge is 2.15. The average Bonchev–Trinajstić information content (AvgIpc) is 3.15. The molecule has 0 amide bonds. The number of fused-ring (bicyclic) bond motifs is 1. The van der Waals surface area contributed by atoms with E-state index in [-0.39, 0.29) is 30.4 Å². The molecule has 0 bridgehead atoms. The maximum atomic E-state index is 13.1. The van der Waals surface area contributed by atoms with Crippen LogP contribution in [0.25, 0.3) is 22.3 Å². The molecule has 0 fully saturated rings. The summed E-state index contributed by atoms with van der Waals surface area (Å²) in [5, 5.41) is 4.33. The number of aromatic nitrogens is 4. The molecule has 0 unspecified atom stereocenters. The standard InChI is InChI=1S/C19H15FN4O3/c1-2-23-18(25)14-5-3-4-6-15(14)24(19(23)26)11-16-21-17(22-27-16)12-7-9-13(20)10-8-12/h3-10H,2,11H2,1H3. The molecule has 0 atom stereocenters. The van der Waals surface area contributed by atoms with Crippen molar-refractivity contribution in [3.05, 3.63) is 81.1 Å². The summed E-state index contributed by atoms with van der Waals surface area (Å²) < 4.78 is 20.9. The van der Waals surface area contributed by atoms with Gasteiger partial charge < -0.3 is 4.52 Å². The molecule has 27 heavy (non-hydrogen) atoms. The van der Waals surface area contributed by atoms with E-state index in [0.29, 0.717) is 22.3 Å². The van der Waals surface area contributed by atoms with Crippen LogP contribution in [0.15, 0.2) is 62.6 Å². The van der Waals surface area contributed by atoms with Gasteiger partial charge in [0.2, 0.25) is 11.7 Å². The third kappa shape index (κ3) is 2.95. The lowest BCUT2D eigenvalue weighted by Gasteiger charge is -2.11. The second-order valence-electron chi connectivity index (χ2n) is 5.95. The van der Waals surface area contributed by atoms with Gasteiger partial charge in [0, 0.05) is 12.1 Å². The zero-order valence-corrected chi connectivity index (χ0v) is 14.4. The number of hydrogen-bond donors (Lipinski definition) is 0. The number of benzene rings is 2. The normalized spacial score (nSPS) is 11.2. The van der Waals surface area contributed by atoms with E-state index in [1.165, 1.54) is 21.3 Å². The van der Waals surface area contributed by atoms with Gasteiger partial charge in [-0.2, -0.15) is 4.98 Å². The third-order valence-corrected chi connectivity index (χ3v) is 4.31. The van der Waals surface area contributed by atoms with Crippen LogP contribution in [0.3, 0.4) is 0 Å². The highest BCUT2D eigenvalue weighted by Crippen LogP contribution is 2.17. The fraction of sp³-hybridized carbons (Fsp3) is 0.158. The molecule has 2 aromatic heterocycles. The molecule has 4 rings (SSSR count). The molecule has 136 valence electrons. The summed E-state index contributed by atoms with van der Waals surface area (Å²) in [6.07, 6.45) is 0. The van der Waals surface area contributed by atoms with Gasteiger partial charge in [0.15, 0.2) is 0 Å². The van der Waals surface area contributed by atoms with Crippen LogP contribution in [0.4, 0.5) is 4.39 Å². The minimum atomic E-state index is -0.442. The molecule has 0 radical (unpaired) electrons. The van der Waals surface area contributed by atoms with Gasteiger partial charge in [-0.25, -0.2) is 9.18 Å². The van der Waals surface area contributed by atoms with Crippen LogP contribution in [-0.4, -0.2) is 19.3 Å². The summed E-state index contributed by atoms with van der Waals surface area (Å²) in [4.78, 5) is 29.5. The van der Waals surface area contributed by atoms with Crippen LogP contribution in [0.2, 0.25) is 0 Å². The topological polar surface area (TPSA) is 82.9 Å². The number of rotatable bonds is 4. The van der Waals surface area contributed by atoms with E-state index in [1.807, 2.05) is 0 Å². The Kier molecular flexibility index (Phi) is 4.15. The van der Waals surface area contributed by atoms with Crippen LogP contribution < -0.4 is 11.2 Å². The molecule has 2 heterocycles. The van der Waals surface area contributed by atoms with Gasteiger partial charge >= 0.3 is 5.69 Å². The fourth-order valence-corrected chi connectivity index (χ4v) is 2.97. The van der Waals surface area contributed by atoms with Gasteiger partial charge in [-0.05, 0) is 43.3 Å². The van der Waals surface area contributed by atoms with Crippen molar-refractivity contribution in [3.8, 4) is 11.4 Å². The summed E-state index contributed by atoms with van der Waals surface area (Å²) in [6, 6.07) is 12.6. The summed E-state index contributed by atoms with van der Waals surface area (Å²) in [6.45, 7) is 2.02. The monoisotopic (exact) mass is 366 g/mol. The van der Waals surface area contributed by atoms with Crippen molar-refractivity contribution in [1.82, 2.24) is 19.3 Å². The van der Waals surface area contributed by atoms with E-state index in [2.05, 4.69) is 10.1 Å². The Labute approximate surface area is 152 Å². The first kappa shape index (κ1) is 16.9. The second kappa shape index (κ2) is 6.64.